The molecule has 0 saturated carbocycles. The van der Waals surface area contributed by atoms with E-state index in [0.29, 0.717) is 11.8 Å². The first-order valence-corrected chi connectivity index (χ1v) is 22.9. The van der Waals surface area contributed by atoms with Crippen molar-refractivity contribution in [2.75, 3.05) is 9.80 Å². The SMILES string of the molecule is CC1CC=CC=C1C1=CC=C(N(C2=CC=C(c3ccc(N(c4ccc(-c5ccccc5)cc4)c4ccc(-c5ccccc5)cc4)cc3)CC2)c2ccc(-c3ccccc3)cc2)CC1C. The highest BCUT2D eigenvalue weighted by atomic mass is 15.2. The molecule has 10 rings (SSSR count). The molecule has 0 saturated heterocycles. The maximum Gasteiger partial charge on any atom is 0.0462 e. The summed E-state index contributed by atoms with van der Waals surface area (Å²) in [4.78, 5) is 4.90. The van der Waals surface area contributed by atoms with Crippen molar-refractivity contribution in [3.63, 3.8) is 0 Å². The lowest BCUT2D eigenvalue weighted by molar-refractivity contribution is 0.607. The van der Waals surface area contributed by atoms with Gasteiger partial charge in [0.2, 0.25) is 0 Å². The Morgan fingerprint density at radius 1 is 0.344 bits per heavy atom. The van der Waals surface area contributed by atoms with E-state index in [0.717, 1.165) is 42.7 Å². The second kappa shape index (κ2) is 18.5. The monoisotopic (exact) mass is 826 g/mol. The van der Waals surface area contributed by atoms with Crippen molar-refractivity contribution in [3.8, 4) is 33.4 Å². The fourth-order valence-corrected chi connectivity index (χ4v) is 9.66. The van der Waals surface area contributed by atoms with E-state index in [9.17, 15) is 0 Å². The van der Waals surface area contributed by atoms with Gasteiger partial charge < -0.3 is 9.80 Å². The molecule has 3 aliphatic rings. The molecule has 2 heteroatoms. The number of nitrogens with zero attached hydrogens (tertiary/aromatic N) is 2. The second-order valence-electron chi connectivity index (χ2n) is 17.4. The van der Waals surface area contributed by atoms with E-state index in [1.807, 2.05) is 0 Å². The smallest absolute Gasteiger partial charge is 0.0462 e. The zero-order chi connectivity index (χ0) is 43.2. The summed E-state index contributed by atoms with van der Waals surface area (Å²) in [6.45, 7) is 4.76. The van der Waals surface area contributed by atoms with E-state index in [-0.39, 0.29) is 0 Å². The van der Waals surface area contributed by atoms with E-state index in [4.69, 9.17) is 0 Å². The normalized spacial score (nSPS) is 17.1. The molecule has 3 aliphatic carbocycles. The maximum absolute atomic E-state index is 2.54. The molecule has 2 unspecified atom stereocenters. The van der Waals surface area contributed by atoms with Crippen LogP contribution in [-0.2, 0) is 0 Å². The molecule has 2 atom stereocenters. The van der Waals surface area contributed by atoms with E-state index < -0.39 is 0 Å². The highest BCUT2D eigenvalue weighted by Gasteiger charge is 2.27. The van der Waals surface area contributed by atoms with Crippen molar-refractivity contribution in [3.05, 3.63) is 259 Å². The number of hydrogen-bond donors (Lipinski definition) is 0. The highest BCUT2D eigenvalue weighted by molar-refractivity contribution is 5.81. The number of hydrogen-bond acceptors (Lipinski definition) is 2. The van der Waals surface area contributed by atoms with Crippen molar-refractivity contribution in [2.24, 2.45) is 11.8 Å². The molecule has 0 aliphatic heterocycles. The third-order valence-corrected chi connectivity index (χ3v) is 13.2. The lowest BCUT2D eigenvalue weighted by atomic mass is 9.79. The molecular formula is C62H54N2. The third-order valence-electron chi connectivity index (χ3n) is 13.2. The quantitative estimate of drug-likeness (QED) is 0.128. The molecule has 7 aromatic carbocycles. The molecule has 0 spiro atoms. The van der Waals surface area contributed by atoms with Gasteiger partial charge in [0.1, 0.15) is 0 Å². The van der Waals surface area contributed by atoms with Crippen molar-refractivity contribution in [1.82, 2.24) is 0 Å². The van der Waals surface area contributed by atoms with Crippen molar-refractivity contribution < 1.29 is 0 Å². The van der Waals surface area contributed by atoms with Crippen LogP contribution in [0.4, 0.5) is 22.7 Å². The lowest BCUT2D eigenvalue weighted by Crippen LogP contribution is -2.26. The van der Waals surface area contributed by atoms with Gasteiger partial charge in [-0.3, -0.25) is 0 Å². The molecule has 7 aromatic rings. The Hall–Kier alpha value is -7.42. The average Bonchev–Trinajstić information content (AvgIpc) is 3.36. The predicted molar refractivity (Wildman–Crippen MR) is 273 cm³/mol. The minimum absolute atomic E-state index is 0.434. The van der Waals surface area contributed by atoms with Crippen molar-refractivity contribution in [2.45, 2.75) is 39.5 Å². The van der Waals surface area contributed by atoms with Gasteiger partial charge in [0, 0.05) is 34.1 Å². The predicted octanol–water partition coefficient (Wildman–Crippen LogP) is 17.1. The third kappa shape index (κ3) is 8.65. The van der Waals surface area contributed by atoms with Gasteiger partial charge in [0.25, 0.3) is 0 Å². The zero-order valence-corrected chi connectivity index (χ0v) is 36.8. The summed E-state index contributed by atoms with van der Waals surface area (Å²) < 4.78 is 0. The topological polar surface area (TPSA) is 6.48 Å². The first kappa shape index (κ1) is 40.6. The number of rotatable bonds is 11. The zero-order valence-electron chi connectivity index (χ0n) is 36.8. The summed E-state index contributed by atoms with van der Waals surface area (Å²) in [5, 5.41) is 0. The van der Waals surface area contributed by atoms with Crippen molar-refractivity contribution >= 4 is 28.3 Å². The van der Waals surface area contributed by atoms with Crippen LogP contribution >= 0.6 is 0 Å². The molecule has 312 valence electrons. The highest BCUT2D eigenvalue weighted by Crippen LogP contribution is 2.42. The van der Waals surface area contributed by atoms with Crippen LogP contribution in [0, 0.1) is 11.8 Å². The first-order valence-electron chi connectivity index (χ1n) is 22.9. The van der Waals surface area contributed by atoms with E-state index >= 15 is 0 Å². The Balaban J connectivity index is 0.959. The molecule has 0 bridgehead atoms. The van der Waals surface area contributed by atoms with Crippen LogP contribution in [0.2, 0.25) is 0 Å². The Morgan fingerprint density at radius 2 is 0.750 bits per heavy atom. The van der Waals surface area contributed by atoms with Crippen LogP contribution in [0.15, 0.2) is 253 Å². The number of benzene rings is 7. The van der Waals surface area contributed by atoms with Gasteiger partial charge in [-0.25, -0.2) is 0 Å². The van der Waals surface area contributed by atoms with Gasteiger partial charge in [0.05, 0.1) is 0 Å². The molecular weight excluding hydrogens is 773 g/mol. The summed E-state index contributed by atoms with van der Waals surface area (Å²) >= 11 is 0. The van der Waals surface area contributed by atoms with Gasteiger partial charge in [-0.15, -0.1) is 0 Å². The molecule has 0 fully saturated rings. The Labute approximate surface area is 379 Å². The standard InChI is InChI=1S/C62H54N2/c1-45-14-12-13-21-61(45)62-43-42-60(44-46(62)2)64(58-38-26-52(27-39-58)49-19-10-5-11-20-49)59-40-30-54(31-41-59)53-28-36-57(37-29-53)63(55-32-22-50(23-33-55)47-15-6-3-7-16-47)56-34-24-51(25-35-56)48-17-8-4-9-18-48/h3-13,15-30,32-40,42-43,45-46H,14,31,41,44H2,1-2H3. The van der Waals surface area contributed by atoms with Crippen LogP contribution in [0.25, 0.3) is 39.0 Å². The number of anilines is 4. The van der Waals surface area contributed by atoms with Crippen molar-refractivity contribution in [1.29, 1.82) is 0 Å². The van der Waals surface area contributed by atoms with Gasteiger partial charge in [-0.05, 0) is 154 Å². The van der Waals surface area contributed by atoms with Gasteiger partial charge in [0.15, 0.2) is 0 Å². The molecule has 64 heavy (non-hydrogen) atoms. The van der Waals surface area contributed by atoms with Crippen LogP contribution in [0.1, 0.15) is 45.1 Å². The minimum atomic E-state index is 0.434. The van der Waals surface area contributed by atoms with Crippen LogP contribution in [0.3, 0.4) is 0 Å². The van der Waals surface area contributed by atoms with Gasteiger partial charge in [-0.1, -0.05) is 184 Å². The minimum Gasteiger partial charge on any atom is -0.318 e. The summed E-state index contributed by atoms with van der Waals surface area (Å²) in [6, 6.07) is 68.1. The maximum atomic E-state index is 2.54. The summed E-state index contributed by atoms with van der Waals surface area (Å²) in [6.07, 6.45) is 20.4. The molecule has 2 nitrogen and oxygen atoms in total. The van der Waals surface area contributed by atoms with E-state index in [1.54, 1.807) is 0 Å². The molecule has 0 heterocycles. The fraction of sp³-hybridized carbons (Fsp3) is 0.129. The van der Waals surface area contributed by atoms with Crippen LogP contribution < -0.4 is 9.80 Å². The molecule has 0 amide bonds. The van der Waals surface area contributed by atoms with E-state index in [1.165, 1.54) is 72.7 Å². The first-order chi connectivity index (χ1) is 31.6. The Bertz CT molecular complexity index is 2810. The van der Waals surface area contributed by atoms with Crippen LogP contribution in [-0.4, -0.2) is 0 Å². The van der Waals surface area contributed by atoms with Crippen LogP contribution in [0.5, 0.6) is 0 Å². The molecule has 0 N–H and O–H groups in total. The number of allylic oxidation sites excluding steroid dienone is 12. The second-order valence-corrected chi connectivity index (χ2v) is 17.4. The Morgan fingerprint density at radius 3 is 1.17 bits per heavy atom. The summed E-state index contributed by atoms with van der Waals surface area (Å²) in [5.41, 5.74) is 20.2. The fourth-order valence-electron chi connectivity index (χ4n) is 9.66. The van der Waals surface area contributed by atoms with E-state index in [2.05, 4.69) is 254 Å². The average molecular weight is 827 g/mol. The Kier molecular flexibility index (Phi) is 11.8. The largest absolute Gasteiger partial charge is 0.318 e. The summed E-state index contributed by atoms with van der Waals surface area (Å²) in [7, 11) is 0. The lowest BCUT2D eigenvalue weighted by Gasteiger charge is -2.36. The van der Waals surface area contributed by atoms with Gasteiger partial charge in [-0.2, -0.15) is 0 Å². The van der Waals surface area contributed by atoms with Gasteiger partial charge >= 0.3 is 0 Å². The molecule has 0 aromatic heterocycles. The summed E-state index contributed by atoms with van der Waals surface area (Å²) in [5.74, 6) is 0.984. The molecule has 0 radical (unpaired) electrons.